The van der Waals surface area contributed by atoms with Crippen LogP contribution in [0, 0.1) is 0 Å². The lowest BCUT2D eigenvalue weighted by Gasteiger charge is -2.15. The van der Waals surface area contributed by atoms with Crippen molar-refractivity contribution in [2.24, 2.45) is 0 Å². The Balaban J connectivity index is 2.27. The van der Waals surface area contributed by atoms with Gasteiger partial charge in [0, 0.05) is 18.5 Å². The molecule has 0 saturated heterocycles. The minimum atomic E-state index is 0.109. The van der Waals surface area contributed by atoms with Gasteiger partial charge in [0.25, 0.3) is 0 Å². The molecule has 1 aromatic heterocycles. The first-order valence-corrected chi connectivity index (χ1v) is 7.65. The number of thioether (sulfide) groups is 1. The molecule has 0 bridgehead atoms. The number of hydrogen-bond acceptors (Lipinski definition) is 4. The molecule has 0 aromatic carbocycles. The van der Waals surface area contributed by atoms with E-state index in [1.807, 2.05) is 12.1 Å². The highest BCUT2D eigenvalue weighted by molar-refractivity contribution is 7.99. The van der Waals surface area contributed by atoms with Crippen LogP contribution < -0.4 is 0 Å². The van der Waals surface area contributed by atoms with Crippen LogP contribution in [-0.2, 0) is 11.3 Å². The third-order valence-electron chi connectivity index (χ3n) is 2.12. The molecule has 17 heavy (non-hydrogen) atoms. The Kier molecular flexibility index (Phi) is 6.96. The van der Waals surface area contributed by atoms with Gasteiger partial charge in [-0.2, -0.15) is 11.8 Å². The predicted octanol–water partition coefficient (Wildman–Crippen LogP) is 2.48. The summed E-state index contributed by atoms with van der Waals surface area (Å²) in [6.45, 7) is 0.793. The molecule has 0 unspecified atom stereocenters. The molecule has 0 saturated carbocycles. The van der Waals surface area contributed by atoms with E-state index < -0.39 is 0 Å². The number of thiophene rings is 1. The number of amides is 1. The SMILES string of the molecule is CN(Cc1ccc(Cl)s1)C(=O)CSCCCO. The molecule has 96 valence electrons. The number of aliphatic hydroxyl groups is 1. The van der Waals surface area contributed by atoms with E-state index in [1.54, 1.807) is 23.7 Å². The Morgan fingerprint density at radius 1 is 1.59 bits per heavy atom. The molecule has 1 aromatic rings. The Bertz CT molecular complexity index is 357. The van der Waals surface area contributed by atoms with Gasteiger partial charge in [0.05, 0.1) is 16.6 Å². The van der Waals surface area contributed by atoms with E-state index >= 15 is 0 Å². The lowest BCUT2D eigenvalue weighted by molar-refractivity contribution is -0.127. The number of hydrogen-bond donors (Lipinski definition) is 1. The van der Waals surface area contributed by atoms with Gasteiger partial charge in [-0.05, 0) is 24.3 Å². The first-order chi connectivity index (χ1) is 8.13. The summed E-state index contributed by atoms with van der Waals surface area (Å²) < 4.78 is 0.748. The summed E-state index contributed by atoms with van der Waals surface area (Å²) in [5, 5.41) is 8.62. The van der Waals surface area contributed by atoms with Crippen LogP contribution in [0.15, 0.2) is 12.1 Å². The molecule has 0 fully saturated rings. The smallest absolute Gasteiger partial charge is 0.232 e. The third-order valence-corrected chi connectivity index (χ3v) is 4.36. The molecule has 0 aliphatic heterocycles. The highest BCUT2D eigenvalue weighted by atomic mass is 35.5. The van der Waals surface area contributed by atoms with Gasteiger partial charge in [0.1, 0.15) is 0 Å². The van der Waals surface area contributed by atoms with E-state index in [9.17, 15) is 4.79 Å². The van der Waals surface area contributed by atoms with Gasteiger partial charge in [0.2, 0.25) is 5.91 Å². The van der Waals surface area contributed by atoms with Crippen LogP contribution in [-0.4, -0.2) is 41.1 Å². The minimum Gasteiger partial charge on any atom is -0.396 e. The van der Waals surface area contributed by atoms with Crippen molar-refractivity contribution >= 4 is 40.6 Å². The van der Waals surface area contributed by atoms with E-state index in [4.69, 9.17) is 16.7 Å². The van der Waals surface area contributed by atoms with Crippen LogP contribution in [0.5, 0.6) is 0 Å². The molecule has 1 N–H and O–H groups in total. The van der Waals surface area contributed by atoms with E-state index in [2.05, 4.69) is 0 Å². The van der Waals surface area contributed by atoms with Gasteiger partial charge in [-0.25, -0.2) is 0 Å². The van der Waals surface area contributed by atoms with Crippen molar-refractivity contribution in [2.45, 2.75) is 13.0 Å². The number of aliphatic hydroxyl groups excluding tert-OH is 1. The Morgan fingerprint density at radius 3 is 2.94 bits per heavy atom. The summed E-state index contributed by atoms with van der Waals surface area (Å²) in [4.78, 5) is 14.5. The molecule has 6 heteroatoms. The summed E-state index contributed by atoms with van der Waals surface area (Å²) in [6, 6.07) is 3.78. The van der Waals surface area contributed by atoms with Crippen LogP contribution in [0.4, 0.5) is 0 Å². The highest BCUT2D eigenvalue weighted by Gasteiger charge is 2.10. The second-order valence-corrected chi connectivity index (χ2v) is 6.49. The second kappa shape index (κ2) is 7.97. The summed E-state index contributed by atoms with van der Waals surface area (Å²) in [7, 11) is 1.79. The zero-order valence-corrected chi connectivity index (χ0v) is 12.1. The predicted molar refractivity (Wildman–Crippen MR) is 74.8 cm³/mol. The summed E-state index contributed by atoms with van der Waals surface area (Å²) in [6.07, 6.45) is 0.738. The number of nitrogens with zero attached hydrogens (tertiary/aromatic N) is 1. The first-order valence-electron chi connectivity index (χ1n) is 5.30. The number of rotatable bonds is 7. The van der Waals surface area contributed by atoms with Gasteiger partial charge in [0.15, 0.2) is 0 Å². The highest BCUT2D eigenvalue weighted by Crippen LogP contribution is 2.22. The van der Waals surface area contributed by atoms with E-state index in [0.29, 0.717) is 12.3 Å². The average molecular weight is 294 g/mol. The van der Waals surface area contributed by atoms with Crippen LogP contribution >= 0.6 is 34.7 Å². The monoisotopic (exact) mass is 293 g/mol. The molecule has 0 aliphatic rings. The van der Waals surface area contributed by atoms with Crippen molar-refractivity contribution in [3.8, 4) is 0 Å². The molecular weight excluding hydrogens is 278 g/mol. The van der Waals surface area contributed by atoms with Crippen LogP contribution in [0.25, 0.3) is 0 Å². The quantitative estimate of drug-likeness (QED) is 0.785. The lowest BCUT2D eigenvalue weighted by Crippen LogP contribution is -2.27. The zero-order valence-electron chi connectivity index (χ0n) is 9.69. The maximum Gasteiger partial charge on any atom is 0.232 e. The summed E-state index contributed by atoms with van der Waals surface area (Å²) in [5.74, 6) is 1.40. The van der Waals surface area contributed by atoms with Crippen molar-refractivity contribution in [3.05, 3.63) is 21.3 Å². The van der Waals surface area contributed by atoms with Crippen LogP contribution in [0.2, 0.25) is 4.34 Å². The fourth-order valence-corrected chi connectivity index (χ4v) is 3.21. The van der Waals surface area contributed by atoms with Crippen molar-refractivity contribution in [2.75, 3.05) is 25.2 Å². The van der Waals surface area contributed by atoms with Gasteiger partial charge in [-0.1, -0.05) is 11.6 Å². The van der Waals surface area contributed by atoms with Crippen LogP contribution in [0.3, 0.4) is 0 Å². The Morgan fingerprint density at radius 2 is 2.35 bits per heavy atom. The normalized spacial score (nSPS) is 10.5. The maximum atomic E-state index is 11.7. The minimum absolute atomic E-state index is 0.109. The molecule has 1 rings (SSSR count). The molecule has 1 amide bonds. The standard InChI is InChI=1S/C11H16ClNO2S2/c1-13(7-9-3-4-10(12)17-9)11(15)8-16-6-2-5-14/h3-4,14H,2,5-8H2,1H3. The lowest BCUT2D eigenvalue weighted by atomic mass is 10.4. The largest absolute Gasteiger partial charge is 0.396 e. The molecule has 0 aliphatic carbocycles. The van der Waals surface area contributed by atoms with Gasteiger partial charge in [-0.15, -0.1) is 11.3 Å². The molecule has 0 atom stereocenters. The summed E-state index contributed by atoms with van der Waals surface area (Å²) >= 11 is 8.88. The van der Waals surface area contributed by atoms with Crippen molar-refractivity contribution in [1.29, 1.82) is 0 Å². The Hall–Kier alpha value is -0.230. The first kappa shape index (κ1) is 14.8. The number of carbonyl (C=O) groups excluding carboxylic acids is 1. The maximum absolute atomic E-state index is 11.7. The average Bonchev–Trinajstić information content (AvgIpc) is 2.70. The van der Waals surface area contributed by atoms with Crippen molar-refractivity contribution in [3.63, 3.8) is 0 Å². The van der Waals surface area contributed by atoms with Crippen molar-refractivity contribution in [1.82, 2.24) is 4.90 Å². The molecule has 0 spiro atoms. The van der Waals surface area contributed by atoms with Crippen LogP contribution in [0.1, 0.15) is 11.3 Å². The molecule has 0 radical (unpaired) electrons. The molecule has 1 heterocycles. The second-order valence-electron chi connectivity index (χ2n) is 3.59. The Labute approximate surface area is 115 Å². The topological polar surface area (TPSA) is 40.5 Å². The number of halogens is 1. The van der Waals surface area contributed by atoms with E-state index in [-0.39, 0.29) is 12.5 Å². The fraction of sp³-hybridized carbons (Fsp3) is 0.545. The van der Waals surface area contributed by atoms with Crippen molar-refractivity contribution < 1.29 is 9.90 Å². The number of carbonyl (C=O) groups is 1. The van der Waals surface area contributed by atoms with Gasteiger partial charge in [-0.3, -0.25) is 4.79 Å². The van der Waals surface area contributed by atoms with E-state index in [0.717, 1.165) is 21.4 Å². The van der Waals surface area contributed by atoms with Gasteiger partial charge >= 0.3 is 0 Å². The fourth-order valence-electron chi connectivity index (χ4n) is 1.19. The molecule has 3 nitrogen and oxygen atoms in total. The van der Waals surface area contributed by atoms with E-state index in [1.165, 1.54) is 11.3 Å². The molecular formula is C11H16ClNO2S2. The van der Waals surface area contributed by atoms with Gasteiger partial charge < -0.3 is 10.0 Å². The summed E-state index contributed by atoms with van der Waals surface area (Å²) in [5.41, 5.74) is 0. The third kappa shape index (κ3) is 5.77. The zero-order chi connectivity index (χ0) is 12.7.